The number of carbonyl (C=O) groups excluding carboxylic acids is 5. The number of alkyl carbamates (subject to hydrolysis) is 1. The number of rotatable bonds is 20. The lowest BCUT2D eigenvalue weighted by atomic mass is 9.95. The van der Waals surface area contributed by atoms with Crippen molar-refractivity contribution in [1.29, 1.82) is 0 Å². The fourth-order valence-corrected chi connectivity index (χ4v) is 13.6. The number of carboxylic acids is 1. The molecule has 96 heavy (non-hydrogen) atoms. The average Bonchev–Trinajstić information content (AvgIpc) is 1.65. The third kappa shape index (κ3) is 26.9. The van der Waals surface area contributed by atoms with Crippen LogP contribution in [0.1, 0.15) is 61.1 Å². The van der Waals surface area contributed by atoms with Crippen LogP contribution in [0.25, 0.3) is 0 Å². The number of cyclic esters (lactones) is 3. The Labute approximate surface area is 569 Å². The minimum absolute atomic E-state index is 0.0912. The topological polar surface area (TPSA) is 208 Å². The lowest BCUT2D eigenvalue weighted by Crippen LogP contribution is -2.45. The molecule has 5 saturated heterocycles. The molecule has 0 saturated carbocycles. The van der Waals surface area contributed by atoms with Crippen molar-refractivity contribution in [1.82, 2.24) is 29.8 Å². The number of amides is 5. The third-order valence-corrected chi connectivity index (χ3v) is 17.9. The van der Waals surface area contributed by atoms with Crippen molar-refractivity contribution in [3.63, 3.8) is 0 Å². The van der Waals surface area contributed by atoms with Crippen molar-refractivity contribution in [2.24, 2.45) is 23.7 Å². The number of nitrogens with one attached hydrogen (secondary N) is 1. The molecule has 7 unspecified atom stereocenters. The summed E-state index contributed by atoms with van der Waals surface area (Å²) in [7, 11) is 0.701. The van der Waals surface area contributed by atoms with E-state index in [2.05, 4.69) is 120 Å². The van der Waals surface area contributed by atoms with E-state index in [9.17, 15) is 33.9 Å². The second-order valence-corrected chi connectivity index (χ2v) is 31.5. The number of allylic oxidation sites excluding steroid dienone is 2. The summed E-state index contributed by atoms with van der Waals surface area (Å²) in [5.41, 5.74) is 7.37. The van der Waals surface area contributed by atoms with Crippen LogP contribution in [-0.2, 0) is 72.2 Å². The molecule has 514 valence electrons. The zero-order chi connectivity index (χ0) is 69.2. The fraction of sp³-hybridized carbons (Fsp3) is 0.403. The number of carboxylic acid groups (broad SMARTS) is 1. The molecule has 7 atom stereocenters. The second-order valence-electron chi connectivity index (χ2n) is 26.0. The maximum atomic E-state index is 13.3. The number of hydrogen-bond donors (Lipinski definition) is 3. The molecular weight excluding hydrogens is 1230 g/mol. The minimum atomic E-state index is -1.07. The molecule has 5 fully saturated rings. The second kappa shape index (κ2) is 40.7. The number of aliphatic carboxylic acids is 1. The number of imide groups is 2. The summed E-state index contributed by atoms with van der Waals surface area (Å²) < 4.78 is 20.2. The monoisotopic (exact) mass is 1330 g/mol. The van der Waals surface area contributed by atoms with Gasteiger partial charge in [0.15, 0.2) is 0 Å². The number of likely N-dealkylation sites (tertiary alicyclic amines) is 2. The lowest BCUT2D eigenvalue weighted by molar-refractivity contribution is -0.134. The first-order valence-corrected chi connectivity index (χ1v) is 36.9. The molecule has 0 spiro atoms. The molecule has 11 rings (SSSR count). The molecular formula is C77H100N6O12Si. The molecule has 5 amide bonds. The summed E-state index contributed by atoms with van der Waals surface area (Å²) in [5, 5.41) is 19.8. The molecule has 0 bridgehead atoms. The standard InChI is InChI=1S/C23H26N2O3.C14H15NO3.C13H23NOSi.C13H19NO.C10H11NO2.C4H6O2/c1-17-13-24(14-19-10-6-3-7-11-19)15-21(17)22(26)25-20(16-28-23(25)27)12-18-8-4-2-5-9-18;1-2-6-13(16)15-12(10-18-14(15)17)9-11-7-4-3-5-8-11;1-15-11-14(12-16(2,3)4)10-13-8-6-5-7-9-13;1-11-7-14(9-13(11)10-15)8-12-5-3-2-4-6-12;12-10-11-9(7-13-10)6-8-4-2-1-3-5-8;1-2-3-4(5)6/h2-11,17,20-21H,12-16H2,1H3;2-8,12H,9-10H2,1H3;5-9H,10-12H2,1-4H3;2-6,11,13,15H,7-10H2,1H3;1-5,9H,6-7H2,(H,11,12);2-3H,1H3,(H,5,6)/b;6-2+;;;;3-2+. The van der Waals surface area contributed by atoms with Gasteiger partial charge in [0.05, 0.1) is 38.8 Å². The Hall–Kier alpha value is -8.56. The normalized spacial score (nSPS) is 20.6. The van der Waals surface area contributed by atoms with Crippen molar-refractivity contribution in [3.8, 4) is 0 Å². The van der Waals surface area contributed by atoms with Gasteiger partial charge in [0.2, 0.25) is 5.91 Å². The molecule has 18 nitrogen and oxygen atoms in total. The first kappa shape index (κ1) is 76.5. The molecule has 0 aliphatic carbocycles. The summed E-state index contributed by atoms with van der Waals surface area (Å²) >= 11 is 0. The molecule has 0 radical (unpaired) electrons. The Kier molecular flexibility index (Phi) is 32.5. The van der Waals surface area contributed by atoms with Crippen LogP contribution in [0.15, 0.2) is 206 Å². The maximum Gasteiger partial charge on any atom is 0.417 e. The number of ether oxygens (including phenoxy) is 4. The van der Waals surface area contributed by atoms with E-state index < -0.39 is 26.2 Å². The Balaban J connectivity index is 0.000000191. The number of carbonyl (C=O) groups is 6. The van der Waals surface area contributed by atoms with E-state index in [1.165, 1.54) is 50.4 Å². The van der Waals surface area contributed by atoms with Crippen LogP contribution in [0, 0.1) is 23.7 Å². The molecule has 5 heterocycles. The van der Waals surface area contributed by atoms with Gasteiger partial charge in [-0.3, -0.25) is 24.3 Å². The first-order chi connectivity index (χ1) is 46.2. The molecule has 6 aromatic rings. The maximum absolute atomic E-state index is 13.3. The lowest BCUT2D eigenvalue weighted by Gasteiger charge is -2.28. The van der Waals surface area contributed by atoms with Gasteiger partial charge in [-0.15, -0.1) is 0 Å². The van der Waals surface area contributed by atoms with E-state index in [-0.39, 0.29) is 61.1 Å². The van der Waals surface area contributed by atoms with Crippen LogP contribution in [-0.4, -0.2) is 170 Å². The SMILES string of the molecule is C/C=C/C(=O)N1C(=O)OCC1Cc1ccccc1.C/C=C/C(=O)O.CC1CN(Cc2ccccc2)CC1C(=O)N1C(=O)OCC1Cc1ccccc1.CC1CN(Cc2ccccc2)CC1CO.COCN(Cc1ccccc1)C[Si](C)(C)C.O=C1NC(Cc2ccccc2)CO1. The van der Waals surface area contributed by atoms with Crippen molar-refractivity contribution < 1.29 is 57.9 Å². The summed E-state index contributed by atoms with van der Waals surface area (Å²) in [6, 6.07) is 60.9. The molecule has 6 aromatic carbocycles. The third-order valence-electron chi connectivity index (χ3n) is 16.5. The number of aliphatic hydroxyl groups is 1. The highest BCUT2D eigenvalue weighted by Crippen LogP contribution is 2.30. The van der Waals surface area contributed by atoms with Gasteiger partial charge in [0.25, 0.3) is 5.91 Å². The van der Waals surface area contributed by atoms with E-state index >= 15 is 0 Å². The van der Waals surface area contributed by atoms with Crippen molar-refractivity contribution >= 4 is 44.1 Å². The Bertz CT molecular complexity index is 3330. The van der Waals surface area contributed by atoms with Crippen LogP contribution in [0.3, 0.4) is 0 Å². The molecule has 5 aliphatic rings. The van der Waals surface area contributed by atoms with E-state index in [1.54, 1.807) is 27.0 Å². The molecule has 0 aromatic heterocycles. The quantitative estimate of drug-likeness (QED) is 0.0281. The summed E-state index contributed by atoms with van der Waals surface area (Å²) in [4.78, 5) is 78.8. The zero-order valence-electron chi connectivity index (χ0n) is 57.2. The van der Waals surface area contributed by atoms with Crippen molar-refractivity contribution in [2.45, 2.75) is 104 Å². The van der Waals surface area contributed by atoms with Gasteiger partial charge in [0.1, 0.15) is 19.8 Å². The predicted octanol–water partition coefficient (Wildman–Crippen LogP) is 12.2. The zero-order valence-corrected chi connectivity index (χ0v) is 58.2. The van der Waals surface area contributed by atoms with E-state index in [0.29, 0.717) is 44.4 Å². The highest BCUT2D eigenvalue weighted by molar-refractivity contribution is 6.76. The number of benzene rings is 6. The smallest absolute Gasteiger partial charge is 0.417 e. The number of methoxy groups -OCH3 is 1. The van der Waals surface area contributed by atoms with Gasteiger partial charge in [-0.1, -0.05) is 228 Å². The van der Waals surface area contributed by atoms with E-state index in [1.807, 2.05) is 115 Å². The fourth-order valence-electron chi connectivity index (χ4n) is 12.1. The van der Waals surface area contributed by atoms with Gasteiger partial charge in [-0.05, 0) is 96.5 Å². The van der Waals surface area contributed by atoms with Crippen molar-refractivity contribution in [2.75, 3.05) is 72.6 Å². The largest absolute Gasteiger partial charge is 0.478 e. The number of hydrogen-bond acceptors (Lipinski definition) is 14. The van der Waals surface area contributed by atoms with Crippen LogP contribution in [0.4, 0.5) is 14.4 Å². The summed E-state index contributed by atoms with van der Waals surface area (Å²) in [6.07, 6.45) is 7.46. The molecule has 19 heteroatoms. The van der Waals surface area contributed by atoms with Crippen LogP contribution in [0.5, 0.6) is 0 Å². The highest BCUT2D eigenvalue weighted by atomic mass is 28.3. The average molecular weight is 1330 g/mol. The molecule has 3 N–H and O–H groups in total. The van der Waals surface area contributed by atoms with Gasteiger partial charge in [0, 0.05) is 65.6 Å². The highest BCUT2D eigenvalue weighted by Gasteiger charge is 2.45. The first-order valence-electron chi connectivity index (χ1n) is 33.2. The van der Waals surface area contributed by atoms with E-state index in [0.717, 1.165) is 69.6 Å². The van der Waals surface area contributed by atoms with Gasteiger partial charge in [-0.2, -0.15) is 0 Å². The summed E-state index contributed by atoms with van der Waals surface area (Å²) in [6.45, 7) is 23.5. The van der Waals surface area contributed by atoms with Crippen molar-refractivity contribution in [3.05, 3.63) is 240 Å². The Morgan fingerprint density at radius 3 is 1.40 bits per heavy atom. The minimum Gasteiger partial charge on any atom is -0.478 e. The number of aliphatic hydroxyl groups excluding tert-OH is 1. The number of nitrogens with zero attached hydrogens (tertiary/aromatic N) is 5. The Morgan fingerprint density at radius 1 is 0.562 bits per heavy atom. The summed E-state index contributed by atoms with van der Waals surface area (Å²) in [5.74, 6) is -0.174. The van der Waals surface area contributed by atoms with Gasteiger partial charge < -0.3 is 34.5 Å². The van der Waals surface area contributed by atoms with Crippen LogP contribution >= 0.6 is 0 Å². The Morgan fingerprint density at radius 2 is 0.990 bits per heavy atom. The van der Waals surface area contributed by atoms with Gasteiger partial charge >= 0.3 is 24.2 Å². The van der Waals surface area contributed by atoms with E-state index in [4.69, 9.17) is 24.1 Å². The predicted molar refractivity (Wildman–Crippen MR) is 378 cm³/mol. The van der Waals surface area contributed by atoms with Crippen LogP contribution in [0.2, 0.25) is 19.6 Å². The van der Waals surface area contributed by atoms with Crippen LogP contribution < -0.4 is 5.32 Å². The molecule has 5 aliphatic heterocycles. The van der Waals surface area contributed by atoms with Gasteiger partial charge in [-0.25, -0.2) is 29.0 Å².